The summed E-state index contributed by atoms with van der Waals surface area (Å²) in [6.07, 6.45) is 3.50. The highest BCUT2D eigenvalue weighted by Gasteiger charge is 2.06. The van der Waals surface area contributed by atoms with Gasteiger partial charge in [0.1, 0.15) is 0 Å². The molecule has 2 heteroatoms. The van der Waals surface area contributed by atoms with Crippen molar-refractivity contribution in [1.29, 1.82) is 0 Å². The Morgan fingerprint density at radius 2 is 1.88 bits per heavy atom. The summed E-state index contributed by atoms with van der Waals surface area (Å²) < 4.78 is 0. The van der Waals surface area contributed by atoms with E-state index < -0.39 is 0 Å². The van der Waals surface area contributed by atoms with Gasteiger partial charge in [-0.1, -0.05) is 43.0 Å². The molecule has 0 atom stereocenters. The number of benzene rings is 1. The second-order valence-corrected chi connectivity index (χ2v) is 3.32. The van der Waals surface area contributed by atoms with Crippen molar-refractivity contribution in [2.45, 2.75) is 0 Å². The summed E-state index contributed by atoms with van der Waals surface area (Å²) in [7, 11) is 0. The molecular weight excluding hydrogens is 196 g/mol. The van der Waals surface area contributed by atoms with Crippen LogP contribution >= 0.6 is 0 Å². The predicted octanol–water partition coefficient (Wildman–Crippen LogP) is 3.72. The van der Waals surface area contributed by atoms with Crippen LogP contribution in [-0.4, -0.2) is 11.7 Å². The van der Waals surface area contributed by atoms with Crippen LogP contribution in [0.3, 0.4) is 0 Å². The third-order valence-corrected chi connectivity index (χ3v) is 2.41. The standard InChI is InChI=1S/C14H12N2/c1-3-12-13(9-10-16-14(12)15-2)11-7-5-4-6-8-11/h3-10H,1-2H2. The molecule has 78 valence electrons. The summed E-state index contributed by atoms with van der Waals surface area (Å²) in [5.41, 5.74) is 3.13. The molecule has 2 aromatic rings. The van der Waals surface area contributed by atoms with Gasteiger partial charge in [0.15, 0.2) is 5.82 Å². The molecule has 0 N–H and O–H groups in total. The van der Waals surface area contributed by atoms with Crippen LogP contribution in [0.5, 0.6) is 0 Å². The maximum absolute atomic E-state index is 4.15. The third kappa shape index (κ3) is 1.77. The second kappa shape index (κ2) is 4.53. The molecule has 2 nitrogen and oxygen atoms in total. The van der Waals surface area contributed by atoms with E-state index in [0.717, 1.165) is 16.7 Å². The molecule has 0 unspecified atom stereocenters. The summed E-state index contributed by atoms with van der Waals surface area (Å²) >= 11 is 0. The van der Waals surface area contributed by atoms with Crippen LogP contribution in [0.15, 0.2) is 54.2 Å². The molecule has 0 aliphatic rings. The Morgan fingerprint density at radius 1 is 1.12 bits per heavy atom. The smallest absolute Gasteiger partial charge is 0.159 e. The highest BCUT2D eigenvalue weighted by atomic mass is 14.9. The lowest BCUT2D eigenvalue weighted by Gasteiger charge is -2.07. The van der Waals surface area contributed by atoms with Crippen LogP contribution in [0.25, 0.3) is 17.2 Å². The van der Waals surface area contributed by atoms with E-state index in [4.69, 9.17) is 0 Å². The van der Waals surface area contributed by atoms with Crippen molar-refractivity contribution in [2.24, 2.45) is 4.99 Å². The molecule has 0 saturated heterocycles. The number of hydrogen-bond donors (Lipinski definition) is 0. The lowest BCUT2D eigenvalue weighted by atomic mass is 10.0. The molecule has 0 aliphatic heterocycles. The van der Waals surface area contributed by atoms with Crippen molar-refractivity contribution < 1.29 is 0 Å². The fourth-order valence-corrected chi connectivity index (χ4v) is 1.66. The lowest BCUT2D eigenvalue weighted by Crippen LogP contribution is -1.86. The maximum Gasteiger partial charge on any atom is 0.159 e. The van der Waals surface area contributed by atoms with Gasteiger partial charge in [0, 0.05) is 11.8 Å². The van der Waals surface area contributed by atoms with Gasteiger partial charge in [-0.3, -0.25) is 0 Å². The summed E-state index contributed by atoms with van der Waals surface area (Å²) in [6, 6.07) is 12.1. The van der Waals surface area contributed by atoms with Crippen molar-refractivity contribution >= 4 is 18.6 Å². The Labute approximate surface area is 95.0 Å². The van der Waals surface area contributed by atoms with Crippen molar-refractivity contribution in [1.82, 2.24) is 4.98 Å². The predicted molar refractivity (Wildman–Crippen MR) is 69.0 cm³/mol. The van der Waals surface area contributed by atoms with Gasteiger partial charge in [-0.05, 0) is 23.9 Å². The molecule has 0 saturated carbocycles. The number of pyridine rings is 1. The Hall–Kier alpha value is -2.22. The van der Waals surface area contributed by atoms with Gasteiger partial charge in [0.05, 0.1) is 0 Å². The molecule has 1 heterocycles. The van der Waals surface area contributed by atoms with Crippen molar-refractivity contribution in [3.8, 4) is 11.1 Å². The highest BCUT2D eigenvalue weighted by Crippen LogP contribution is 2.29. The van der Waals surface area contributed by atoms with Crippen LogP contribution in [0.2, 0.25) is 0 Å². The van der Waals surface area contributed by atoms with E-state index in [1.54, 1.807) is 12.3 Å². The molecule has 16 heavy (non-hydrogen) atoms. The average molecular weight is 208 g/mol. The van der Waals surface area contributed by atoms with E-state index in [-0.39, 0.29) is 0 Å². The molecule has 1 aromatic carbocycles. The maximum atomic E-state index is 4.15. The second-order valence-electron chi connectivity index (χ2n) is 3.32. The van der Waals surface area contributed by atoms with Gasteiger partial charge in [0.25, 0.3) is 0 Å². The van der Waals surface area contributed by atoms with Crippen molar-refractivity contribution in [3.05, 3.63) is 54.7 Å². The van der Waals surface area contributed by atoms with Gasteiger partial charge in [-0.25, -0.2) is 9.98 Å². The van der Waals surface area contributed by atoms with Gasteiger partial charge in [-0.15, -0.1) is 0 Å². The van der Waals surface area contributed by atoms with Gasteiger partial charge in [0.2, 0.25) is 0 Å². The Bertz CT molecular complexity index is 516. The van der Waals surface area contributed by atoms with Crippen LogP contribution in [-0.2, 0) is 0 Å². The zero-order valence-corrected chi connectivity index (χ0v) is 8.93. The van der Waals surface area contributed by atoms with E-state index in [2.05, 4.69) is 35.4 Å². The van der Waals surface area contributed by atoms with Gasteiger partial charge in [-0.2, -0.15) is 0 Å². The summed E-state index contributed by atoms with van der Waals surface area (Å²) in [5.74, 6) is 0.622. The zero-order valence-electron chi connectivity index (χ0n) is 8.93. The molecule has 0 radical (unpaired) electrons. The molecule has 1 aromatic heterocycles. The average Bonchev–Trinajstić information content (AvgIpc) is 2.38. The first-order chi connectivity index (χ1) is 7.86. The number of rotatable bonds is 3. The topological polar surface area (TPSA) is 25.2 Å². The van der Waals surface area contributed by atoms with E-state index in [1.165, 1.54) is 0 Å². The Balaban J connectivity index is 2.66. The number of aliphatic imine (C=N–C) groups is 1. The van der Waals surface area contributed by atoms with Gasteiger partial charge >= 0.3 is 0 Å². The summed E-state index contributed by atoms with van der Waals surface area (Å²) in [5, 5.41) is 0. The molecule has 0 bridgehead atoms. The van der Waals surface area contributed by atoms with Crippen LogP contribution in [0.1, 0.15) is 5.56 Å². The SMILES string of the molecule is C=Cc1c(-c2ccccc2)ccnc1N=C. The van der Waals surface area contributed by atoms with Gasteiger partial charge < -0.3 is 0 Å². The molecule has 0 fully saturated rings. The minimum Gasteiger partial charge on any atom is -0.245 e. The minimum absolute atomic E-state index is 0.622. The number of hydrogen-bond acceptors (Lipinski definition) is 2. The highest BCUT2D eigenvalue weighted by molar-refractivity contribution is 5.80. The largest absolute Gasteiger partial charge is 0.245 e. The molecular formula is C14H12N2. The molecule has 2 rings (SSSR count). The fourth-order valence-electron chi connectivity index (χ4n) is 1.66. The minimum atomic E-state index is 0.622. The van der Waals surface area contributed by atoms with E-state index in [1.807, 2.05) is 24.3 Å². The monoisotopic (exact) mass is 208 g/mol. The summed E-state index contributed by atoms with van der Waals surface area (Å²) in [6.45, 7) is 7.31. The molecule has 0 aliphatic carbocycles. The first-order valence-corrected chi connectivity index (χ1v) is 5.00. The first kappa shape index (κ1) is 10.3. The lowest BCUT2D eigenvalue weighted by molar-refractivity contribution is 1.27. The van der Waals surface area contributed by atoms with E-state index >= 15 is 0 Å². The zero-order chi connectivity index (χ0) is 11.4. The Morgan fingerprint density at radius 3 is 2.50 bits per heavy atom. The van der Waals surface area contributed by atoms with Crippen LogP contribution in [0.4, 0.5) is 5.82 Å². The fraction of sp³-hybridized carbons (Fsp3) is 0. The first-order valence-electron chi connectivity index (χ1n) is 5.00. The van der Waals surface area contributed by atoms with Crippen molar-refractivity contribution in [2.75, 3.05) is 0 Å². The quantitative estimate of drug-likeness (QED) is 0.705. The van der Waals surface area contributed by atoms with E-state index in [0.29, 0.717) is 5.82 Å². The van der Waals surface area contributed by atoms with Crippen LogP contribution in [0, 0.1) is 0 Å². The summed E-state index contributed by atoms with van der Waals surface area (Å²) in [4.78, 5) is 8.05. The Kier molecular flexibility index (Phi) is 2.92. The number of aromatic nitrogens is 1. The molecule has 0 spiro atoms. The molecule has 0 amide bonds. The van der Waals surface area contributed by atoms with E-state index in [9.17, 15) is 0 Å². The number of nitrogens with zero attached hydrogens (tertiary/aromatic N) is 2. The van der Waals surface area contributed by atoms with Crippen LogP contribution < -0.4 is 0 Å². The normalized spacial score (nSPS) is 9.75. The third-order valence-electron chi connectivity index (χ3n) is 2.41. The van der Waals surface area contributed by atoms with Crippen molar-refractivity contribution in [3.63, 3.8) is 0 Å².